The summed E-state index contributed by atoms with van der Waals surface area (Å²) in [6.45, 7) is 2.80. The second-order valence-electron chi connectivity index (χ2n) is 7.69. The molecule has 148 valence electrons. The molecule has 9 heteroatoms. The largest absolute Gasteiger partial charge is 0.347 e. The third-order valence-electron chi connectivity index (χ3n) is 5.82. The molecule has 5 heterocycles. The van der Waals surface area contributed by atoms with E-state index < -0.39 is 5.79 Å². The minimum atomic E-state index is -0.693. The molecule has 0 saturated carbocycles. The van der Waals surface area contributed by atoms with E-state index in [1.54, 1.807) is 12.4 Å². The summed E-state index contributed by atoms with van der Waals surface area (Å²) >= 11 is 6.31. The Labute approximate surface area is 172 Å². The van der Waals surface area contributed by atoms with Crippen molar-refractivity contribution >= 4 is 17.5 Å². The highest BCUT2D eigenvalue weighted by atomic mass is 35.5. The molecular formula is C20H19ClN6O2. The number of ether oxygens (including phenoxy) is 2. The second-order valence-corrected chi connectivity index (χ2v) is 8.13. The van der Waals surface area contributed by atoms with Gasteiger partial charge in [0.2, 0.25) is 5.95 Å². The van der Waals surface area contributed by atoms with Crippen LogP contribution in [-0.4, -0.2) is 56.8 Å². The Hall–Kier alpha value is -2.55. The zero-order chi connectivity index (χ0) is 19.4. The van der Waals surface area contributed by atoms with E-state index in [2.05, 4.69) is 29.6 Å². The van der Waals surface area contributed by atoms with Gasteiger partial charge in [-0.05, 0) is 29.8 Å². The summed E-state index contributed by atoms with van der Waals surface area (Å²) < 4.78 is 14.2. The van der Waals surface area contributed by atoms with E-state index in [1.807, 2.05) is 24.3 Å². The van der Waals surface area contributed by atoms with E-state index in [4.69, 9.17) is 21.1 Å². The topological polar surface area (TPSA) is 78.2 Å². The van der Waals surface area contributed by atoms with Crippen molar-refractivity contribution in [1.82, 2.24) is 24.7 Å². The van der Waals surface area contributed by atoms with Crippen molar-refractivity contribution in [3.05, 3.63) is 58.9 Å². The van der Waals surface area contributed by atoms with E-state index in [-0.39, 0.29) is 5.92 Å². The number of halogens is 1. The van der Waals surface area contributed by atoms with Gasteiger partial charge in [-0.3, -0.25) is 4.57 Å². The molecule has 1 aromatic carbocycles. The number of hydrogen-bond donors (Lipinski definition) is 0. The molecule has 29 heavy (non-hydrogen) atoms. The molecule has 3 aromatic rings. The van der Waals surface area contributed by atoms with Gasteiger partial charge in [-0.25, -0.2) is 9.97 Å². The Morgan fingerprint density at radius 3 is 2.62 bits per heavy atom. The summed E-state index contributed by atoms with van der Waals surface area (Å²) in [5.41, 5.74) is 2.14. The average molecular weight is 411 g/mol. The smallest absolute Gasteiger partial charge is 0.225 e. The summed E-state index contributed by atoms with van der Waals surface area (Å²) in [7, 11) is 0. The fourth-order valence-corrected chi connectivity index (χ4v) is 4.63. The Kier molecular flexibility index (Phi) is 3.87. The van der Waals surface area contributed by atoms with Crippen LogP contribution in [0.5, 0.6) is 0 Å². The molecule has 0 amide bonds. The molecule has 3 aliphatic rings. The van der Waals surface area contributed by atoms with Crippen LogP contribution < -0.4 is 4.90 Å². The van der Waals surface area contributed by atoms with Gasteiger partial charge in [-0.1, -0.05) is 11.6 Å². The van der Waals surface area contributed by atoms with Crippen molar-refractivity contribution in [2.45, 2.75) is 24.5 Å². The van der Waals surface area contributed by atoms with Crippen molar-refractivity contribution in [2.24, 2.45) is 0 Å². The normalized spacial score (nSPS) is 20.2. The number of fused-ring (bicyclic) bond motifs is 3. The van der Waals surface area contributed by atoms with Gasteiger partial charge in [0, 0.05) is 36.9 Å². The fourth-order valence-electron chi connectivity index (χ4n) is 4.44. The van der Waals surface area contributed by atoms with E-state index in [0.717, 1.165) is 41.9 Å². The third kappa shape index (κ3) is 2.82. The summed E-state index contributed by atoms with van der Waals surface area (Å²) in [6.07, 6.45) is 4.73. The van der Waals surface area contributed by atoms with Gasteiger partial charge in [-0.2, -0.15) is 0 Å². The predicted molar refractivity (Wildman–Crippen MR) is 105 cm³/mol. The molecule has 2 saturated heterocycles. The molecule has 1 spiro atoms. The second kappa shape index (κ2) is 6.48. The van der Waals surface area contributed by atoms with E-state index >= 15 is 0 Å². The maximum Gasteiger partial charge on any atom is 0.225 e. The van der Waals surface area contributed by atoms with Crippen LogP contribution >= 0.6 is 11.6 Å². The van der Waals surface area contributed by atoms with E-state index in [9.17, 15) is 0 Å². The molecule has 0 aliphatic carbocycles. The SMILES string of the molecule is Clc1ccc2c(c1)CC1(Cc3nnc(C4CN(c5ncccn5)C4)n3-2)OCCO1. The summed E-state index contributed by atoms with van der Waals surface area (Å²) in [5.74, 6) is 2.12. The monoisotopic (exact) mass is 410 g/mol. The summed E-state index contributed by atoms with van der Waals surface area (Å²) in [4.78, 5) is 10.8. The molecular weight excluding hydrogens is 392 g/mol. The van der Waals surface area contributed by atoms with Gasteiger partial charge < -0.3 is 14.4 Å². The molecule has 0 bridgehead atoms. The van der Waals surface area contributed by atoms with Crippen LogP contribution in [0.15, 0.2) is 36.7 Å². The molecule has 0 unspecified atom stereocenters. The van der Waals surface area contributed by atoms with E-state index in [0.29, 0.717) is 31.1 Å². The highest BCUT2D eigenvalue weighted by Gasteiger charge is 2.43. The van der Waals surface area contributed by atoms with Crippen LogP contribution in [0.2, 0.25) is 5.02 Å². The molecule has 8 nitrogen and oxygen atoms in total. The van der Waals surface area contributed by atoms with E-state index in [1.165, 1.54) is 0 Å². The van der Waals surface area contributed by atoms with Gasteiger partial charge >= 0.3 is 0 Å². The molecule has 2 fully saturated rings. The van der Waals surface area contributed by atoms with Crippen molar-refractivity contribution in [2.75, 3.05) is 31.2 Å². The third-order valence-corrected chi connectivity index (χ3v) is 6.06. The van der Waals surface area contributed by atoms with Crippen molar-refractivity contribution in [3.63, 3.8) is 0 Å². The zero-order valence-corrected chi connectivity index (χ0v) is 16.4. The molecule has 0 N–H and O–H groups in total. The van der Waals surface area contributed by atoms with Crippen molar-refractivity contribution < 1.29 is 9.47 Å². The number of hydrogen-bond acceptors (Lipinski definition) is 7. The minimum absolute atomic E-state index is 0.253. The van der Waals surface area contributed by atoms with Crippen LogP contribution in [0.25, 0.3) is 5.69 Å². The summed E-state index contributed by atoms with van der Waals surface area (Å²) in [5, 5.41) is 9.79. The number of nitrogens with zero attached hydrogens (tertiary/aromatic N) is 6. The number of aromatic nitrogens is 5. The maximum atomic E-state index is 6.31. The van der Waals surface area contributed by atoms with Crippen LogP contribution in [0.3, 0.4) is 0 Å². The first-order valence-electron chi connectivity index (χ1n) is 9.74. The molecule has 3 aliphatic heterocycles. The zero-order valence-electron chi connectivity index (χ0n) is 15.7. The lowest BCUT2D eigenvalue weighted by atomic mass is 9.99. The van der Waals surface area contributed by atoms with Crippen LogP contribution in [-0.2, 0) is 22.3 Å². The molecule has 2 aromatic heterocycles. The molecule has 0 atom stereocenters. The predicted octanol–water partition coefficient (Wildman–Crippen LogP) is 2.16. The Balaban J connectivity index is 1.38. The fraction of sp³-hybridized carbons (Fsp3) is 0.400. The minimum Gasteiger partial charge on any atom is -0.347 e. The van der Waals surface area contributed by atoms with Gasteiger partial charge in [-0.15, -0.1) is 10.2 Å². The Morgan fingerprint density at radius 2 is 1.83 bits per heavy atom. The quantitative estimate of drug-likeness (QED) is 0.640. The van der Waals surface area contributed by atoms with Crippen molar-refractivity contribution in [1.29, 1.82) is 0 Å². The maximum absolute atomic E-state index is 6.31. The number of rotatable bonds is 2. The lowest BCUT2D eigenvalue weighted by Crippen LogP contribution is -2.47. The average Bonchev–Trinajstić information content (AvgIpc) is 3.27. The van der Waals surface area contributed by atoms with Crippen LogP contribution in [0.4, 0.5) is 5.95 Å². The first-order chi connectivity index (χ1) is 14.2. The standard InChI is InChI=1S/C20H19ClN6O2/c21-15-2-3-16-13(8-15)9-20(28-6-7-29-20)10-17-24-25-18(27(16)17)14-11-26(12-14)19-22-4-1-5-23-19/h1-5,8,14H,6-7,9-12H2. The first kappa shape index (κ1) is 17.3. The van der Waals surface area contributed by atoms with Gasteiger partial charge in [0.1, 0.15) is 11.6 Å². The lowest BCUT2D eigenvalue weighted by Gasteiger charge is -2.38. The molecule has 0 radical (unpaired) electrons. The Bertz CT molecular complexity index is 1060. The number of benzene rings is 1. The van der Waals surface area contributed by atoms with Gasteiger partial charge in [0.05, 0.1) is 31.2 Å². The summed E-state index contributed by atoms with van der Waals surface area (Å²) in [6, 6.07) is 7.77. The first-order valence-corrected chi connectivity index (χ1v) is 10.1. The number of anilines is 1. The Morgan fingerprint density at radius 1 is 1.03 bits per heavy atom. The van der Waals surface area contributed by atoms with Gasteiger partial charge in [0.25, 0.3) is 0 Å². The van der Waals surface area contributed by atoms with Gasteiger partial charge in [0.15, 0.2) is 5.79 Å². The van der Waals surface area contributed by atoms with Crippen LogP contribution in [0, 0.1) is 0 Å². The molecule has 6 rings (SSSR count). The van der Waals surface area contributed by atoms with Crippen molar-refractivity contribution in [3.8, 4) is 5.69 Å². The lowest BCUT2D eigenvalue weighted by molar-refractivity contribution is -0.155. The highest BCUT2D eigenvalue weighted by molar-refractivity contribution is 6.30. The highest BCUT2D eigenvalue weighted by Crippen LogP contribution is 2.38. The van der Waals surface area contributed by atoms with Crippen LogP contribution in [0.1, 0.15) is 23.1 Å².